The van der Waals surface area contributed by atoms with Crippen molar-refractivity contribution in [2.45, 2.75) is 25.8 Å². The lowest BCUT2D eigenvalue weighted by atomic mass is 10.1. The number of rotatable bonds is 6. The molecule has 0 amide bonds. The zero-order valence-corrected chi connectivity index (χ0v) is 13.2. The Kier molecular flexibility index (Phi) is 4.80. The van der Waals surface area contributed by atoms with Crippen molar-refractivity contribution in [3.05, 3.63) is 41.9 Å². The number of imidazole rings is 1. The number of nitrogens with two attached hydrogens (primary N) is 1. The standard InChI is InChI=1S/C15H21N3O2S/c1-3-13-14(11-7-5-4-6-8-11)18-15(17-13)12(16)9-10-21(2,19)20/h4-8,12H,3,9-10,16H2,1-2H3,(H,17,18). The van der Waals surface area contributed by atoms with E-state index in [0.29, 0.717) is 12.2 Å². The minimum atomic E-state index is -3.01. The van der Waals surface area contributed by atoms with Crippen LogP contribution in [0.5, 0.6) is 0 Å². The fourth-order valence-corrected chi connectivity index (χ4v) is 2.86. The van der Waals surface area contributed by atoms with Crippen LogP contribution in [0.25, 0.3) is 11.3 Å². The number of sulfone groups is 1. The first-order valence-electron chi connectivity index (χ1n) is 6.98. The first kappa shape index (κ1) is 15.7. The summed E-state index contributed by atoms with van der Waals surface area (Å²) < 4.78 is 22.5. The van der Waals surface area contributed by atoms with E-state index in [4.69, 9.17) is 5.73 Å². The minimum Gasteiger partial charge on any atom is -0.344 e. The smallest absolute Gasteiger partial charge is 0.147 e. The van der Waals surface area contributed by atoms with E-state index in [0.717, 1.165) is 23.4 Å². The minimum absolute atomic E-state index is 0.0665. The molecule has 1 heterocycles. The number of benzene rings is 1. The molecule has 2 rings (SSSR count). The molecular weight excluding hydrogens is 286 g/mol. The van der Waals surface area contributed by atoms with E-state index in [2.05, 4.69) is 9.97 Å². The first-order chi connectivity index (χ1) is 9.90. The molecule has 3 N–H and O–H groups in total. The van der Waals surface area contributed by atoms with Crippen LogP contribution in [-0.2, 0) is 16.3 Å². The van der Waals surface area contributed by atoms with Gasteiger partial charge in [0.1, 0.15) is 15.7 Å². The molecule has 1 aromatic carbocycles. The second-order valence-electron chi connectivity index (χ2n) is 5.19. The molecule has 0 aliphatic rings. The molecule has 114 valence electrons. The summed E-state index contributed by atoms with van der Waals surface area (Å²) in [6, 6.07) is 9.49. The van der Waals surface area contributed by atoms with E-state index < -0.39 is 15.9 Å². The molecule has 0 aliphatic heterocycles. The Balaban J connectivity index is 2.25. The van der Waals surface area contributed by atoms with Crippen LogP contribution in [0, 0.1) is 0 Å². The maximum atomic E-state index is 11.2. The summed E-state index contributed by atoms with van der Waals surface area (Å²) >= 11 is 0. The monoisotopic (exact) mass is 307 g/mol. The summed E-state index contributed by atoms with van der Waals surface area (Å²) in [5.74, 6) is 0.714. The lowest BCUT2D eigenvalue weighted by Crippen LogP contribution is -2.17. The fraction of sp³-hybridized carbons (Fsp3) is 0.400. The number of aromatic amines is 1. The quantitative estimate of drug-likeness (QED) is 0.855. The van der Waals surface area contributed by atoms with Crippen LogP contribution >= 0.6 is 0 Å². The molecule has 0 bridgehead atoms. The summed E-state index contributed by atoms with van der Waals surface area (Å²) in [6.07, 6.45) is 2.40. The van der Waals surface area contributed by atoms with Gasteiger partial charge in [0.05, 0.1) is 17.5 Å². The number of aryl methyl sites for hydroxylation is 1. The van der Waals surface area contributed by atoms with E-state index in [1.165, 1.54) is 6.26 Å². The Bertz CT molecular complexity index is 693. The third kappa shape index (κ3) is 4.15. The molecule has 1 aromatic heterocycles. The van der Waals surface area contributed by atoms with E-state index >= 15 is 0 Å². The maximum Gasteiger partial charge on any atom is 0.147 e. The maximum absolute atomic E-state index is 11.2. The average molecular weight is 307 g/mol. The molecule has 21 heavy (non-hydrogen) atoms. The zero-order chi connectivity index (χ0) is 15.5. The largest absolute Gasteiger partial charge is 0.344 e. The van der Waals surface area contributed by atoms with Crippen LogP contribution in [-0.4, -0.2) is 30.4 Å². The van der Waals surface area contributed by atoms with Crippen molar-refractivity contribution in [1.29, 1.82) is 0 Å². The van der Waals surface area contributed by atoms with Crippen molar-refractivity contribution in [2.24, 2.45) is 5.73 Å². The van der Waals surface area contributed by atoms with Crippen molar-refractivity contribution < 1.29 is 8.42 Å². The average Bonchev–Trinajstić information content (AvgIpc) is 2.89. The predicted octanol–water partition coefficient (Wildman–Crippen LogP) is 2.07. The number of hydrogen-bond donors (Lipinski definition) is 2. The highest BCUT2D eigenvalue weighted by atomic mass is 32.2. The van der Waals surface area contributed by atoms with Crippen molar-refractivity contribution in [2.75, 3.05) is 12.0 Å². The summed E-state index contributed by atoms with van der Waals surface area (Å²) in [5.41, 5.74) is 9.00. The molecule has 1 atom stereocenters. The predicted molar refractivity (Wildman–Crippen MR) is 84.7 cm³/mol. The number of H-pyrrole nitrogens is 1. The normalized spacial score (nSPS) is 13.3. The van der Waals surface area contributed by atoms with Gasteiger partial charge in [-0.05, 0) is 12.8 Å². The van der Waals surface area contributed by atoms with Gasteiger partial charge in [-0.25, -0.2) is 13.4 Å². The Hall–Kier alpha value is -1.66. The number of nitrogens with one attached hydrogen (secondary N) is 1. The molecule has 0 aliphatic carbocycles. The summed E-state index contributed by atoms with van der Waals surface area (Å²) in [5, 5.41) is 0. The van der Waals surface area contributed by atoms with Gasteiger partial charge in [0.2, 0.25) is 0 Å². The van der Waals surface area contributed by atoms with Gasteiger partial charge in [-0.3, -0.25) is 0 Å². The van der Waals surface area contributed by atoms with Gasteiger partial charge < -0.3 is 10.7 Å². The molecule has 2 aromatic rings. The van der Waals surface area contributed by atoms with Crippen LogP contribution in [0.3, 0.4) is 0 Å². The van der Waals surface area contributed by atoms with Crippen molar-refractivity contribution in [3.8, 4) is 11.3 Å². The number of hydrogen-bond acceptors (Lipinski definition) is 4. The van der Waals surface area contributed by atoms with Gasteiger partial charge in [-0.15, -0.1) is 0 Å². The van der Waals surface area contributed by atoms with Crippen LogP contribution in [0.15, 0.2) is 30.3 Å². The molecule has 0 saturated heterocycles. The van der Waals surface area contributed by atoms with Crippen molar-refractivity contribution >= 4 is 9.84 Å². The van der Waals surface area contributed by atoms with Crippen molar-refractivity contribution in [3.63, 3.8) is 0 Å². The Morgan fingerprint density at radius 3 is 2.52 bits per heavy atom. The van der Waals surface area contributed by atoms with Crippen LogP contribution in [0.2, 0.25) is 0 Å². The Morgan fingerprint density at radius 1 is 1.29 bits per heavy atom. The summed E-state index contributed by atoms with van der Waals surface area (Å²) in [6.45, 7) is 2.05. The summed E-state index contributed by atoms with van der Waals surface area (Å²) in [7, 11) is -3.01. The third-order valence-electron chi connectivity index (χ3n) is 3.35. The lowest BCUT2D eigenvalue weighted by molar-refractivity contribution is 0.587. The van der Waals surface area contributed by atoms with Crippen molar-refractivity contribution in [1.82, 2.24) is 9.97 Å². The van der Waals surface area contributed by atoms with Gasteiger partial charge in [0.25, 0.3) is 0 Å². The van der Waals surface area contributed by atoms with Gasteiger partial charge in [0, 0.05) is 17.5 Å². The zero-order valence-electron chi connectivity index (χ0n) is 12.3. The molecule has 6 heteroatoms. The molecule has 0 radical (unpaired) electrons. The Labute approximate surface area is 125 Å². The van der Waals surface area contributed by atoms with Crippen LogP contribution in [0.1, 0.15) is 30.9 Å². The molecule has 0 saturated carbocycles. The first-order valence-corrected chi connectivity index (χ1v) is 9.04. The van der Waals surface area contributed by atoms with E-state index in [9.17, 15) is 8.42 Å². The molecule has 0 fully saturated rings. The summed E-state index contributed by atoms with van der Waals surface area (Å²) in [4.78, 5) is 7.81. The number of aromatic nitrogens is 2. The Morgan fingerprint density at radius 2 is 1.95 bits per heavy atom. The third-order valence-corrected chi connectivity index (χ3v) is 4.33. The topological polar surface area (TPSA) is 88.8 Å². The highest BCUT2D eigenvalue weighted by molar-refractivity contribution is 7.90. The lowest BCUT2D eigenvalue weighted by Gasteiger charge is -2.07. The highest BCUT2D eigenvalue weighted by Gasteiger charge is 2.17. The molecule has 0 spiro atoms. The van der Waals surface area contributed by atoms with Gasteiger partial charge >= 0.3 is 0 Å². The SMILES string of the molecule is CCc1[nH]c(C(N)CCS(C)(=O)=O)nc1-c1ccccc1. The fourth-order valence-electron chi connectivity index (χ4n) is 2.17. The number of nitrogens with zero attached hydrogens (tertiary/aromatic N) is 1. The highest BCUT2D eigenvalue weighted by Crippen LogP contribution is 2.24. The van der Waals surface area contributed by atoms with Gasteiger partial charge in [-0.2, -0.15) is 0 Å². The molecular formula is C15H21N3O2S. The van der Waals surface area contributed by atoms with E-state index in [1.54, 1.807) is 0 Å². The van der Waals surface area contributed by atoms with E-state index in [1.807, 2.05) is 37.3 Å². The molecule has 5 nitrogen and oxygen atoms in total. The molecule has 1 unspecified atom stereocenters. The van der Waals surface area contributed by atoms with Gasteiger partial charge in [0.15, 0.2) is 0 Å². The second kappa shape index (κ2) is 6.41. The van der Waals surface area contributed by atoms with Crippen LogP contribution in [0.4, 0.5) is 0 Å². The second-order valence-corrected chi connectivity index (χ2v) is 7.45. The van der Waals surface area contributed by atoms with Crippen LogP contribution < -0.4 is 5.73 Å². The van der Waals surface area contributed by atoms with E-state index in [-0.39, 0.29) is 5.75 Å². The van der Waals surface area contributed by atoms with Gasteiger partial charge in [-0.1, -0.05) is 37.3 Å².